The van der Waals surface area contributed by atoms with Crippen LogP contribution in [0.5, 0.6) is 5.75 Å². The second-order valence-electron chi connectivity index (χ2n) is 4.27. The first-order chi connectivity index (χ1) is 9.63. The first-order valence-electron chi connectivity index (χ1n) is 5.92. The van der Waals surface area contributed by atoms with Gasteiger partial charge >= 0.3 is 0 Å². The number of halogens is 1. The Balaban J connectivity index is 1.89. The number of aromatic hydroxyl groups is 1. The monoisotopic (exact) mass is 303 g/mol. The van der Waals surface area contributed by atoms with Gasteiger partial charge in [0.05, 0.1) is 15.6 Å². The van der Waals surface area contributed by atoms with Crippen LogP contribution in [0.15, 0.2) is 48.5 Å². The van der Waals surface area contributed by atoms with E-state index in [0.29, 0.717) is 15.6 Å². The summed E-state index contributed by atoms with van der Waals surface area (Å²) in [4.78, 5) is 12.8. The molecule has 3 aromatic rings. The van der Waals surface area contributed by atoms with Crippen LogP contribution in [0.25, 0.3) is 10.1 Å². The molecule has 3 nitrogen and oxygen atoms in total. The second kappa shape index (κ2) is 5.15. The van der Waals surface area contributed by atoms with E-state index < -0.39 is 0 Å². The highest BCUT2D eigenvalue weighted by Crippen LogP contribution is 2.29. The third-order valence-electron chi connectivity index (χ3n) is 2.85. The smallest absolute Gasteiger partial charge is 0.265 e. The van der Waals surface area contributed by atoms with Crippen LogP contribution < -0.4 is 5.32 Å². The maximum atomic E-state index is 12.2. The summed E-state index contributed by atoms with van der Waals surface area (Å²) in [6.45, 7) is 0. The highest BCUT2D eigenvalue weighted by molar-refractivity contribution is 7.20. The summed E-state index contributed by atoms with van der Waals surface area (Å²) in [6, 6.07) is 14.1. The number of phenols is 1. The van der Waals surface area contributed by atoms with Crippen LogP contribution in [0.4, 0.5) is 5.69 Å². The number of hydrogen-bond donors (Lipinski definition) is 2. The van der Waals surface area contributed by atoms with Crippen molar-refractivity contribution in [2.75, 3.05) is 5.32 Å². The van der Waals surface area contributed by atoms with Gasteiger partial charge in [-0.2, -0.15) is 0 Å². The number of anilines is 1. The molecule has 5 heteroatoms. The minimum atomic E-state index is -0.209. The summed E-state index contributed by atoms with van der Waals surface area (Å²) >= 11 is 7.40. The maximum absolute atomic E-state index is 12.2. The van der Waals surface area contributed by atoms with Crippen molar-refractivity contribution in [3.05, 3.63) is 58.4 Å². The normalized spacial score (nSPS) is 10.7. The molecule has 0 saturated heterocycles. The van der Waals surface area contributed by atoms with Crippen molar-refractivity contribution < 1.29 is 9.90 Å². The van der Waals surface area contributed by atoms with E-state index in [0.717, 1.165) is 10.1 Å². The first-order valence-corrected chi connectivity index (χ1v) is 7.11. The van der Waals surface area contributed by atoms with E-state index in [9.17, 15) is 9.90 Å². The quantitative estimate of drug-likeness (QED) is 0.684. The van der Waals surface area contributed by atoms with Crippen LogP contribution >= 0.6 is 22.9 Å². The summed E-state index contributed by atoms with van der Waals surface area (Å²) in [6.07, 6.45) is 0. The molecule has 1 heterocycles. The standard InChI is InChI=1S/C15H10ClNO2S/c16-11-8-10(18)5-6-12(11)17-15(19)14-7-9-3-1-2-4-13(9)20-14/h1-8,18H,(H,17,19). The largest absolute Gasteiger partial charge is 0.508 e. The van der Waals surface area contributed by atoms with Gasteiger partial charge in [0, 0.05) is 10.8 Å². The average molecular weight is 304 g/mol. The highest BCUT2D eigenvalue weighted by Gasteiger charge is 2.12. The van der Waals surface area contributed by atoms with Gasteiger partial charge in [0.1, 0.15) is 5.75 Å². The van der Waals surface area contributed by atoms with Crippen LogP contribution in [0.1, 0.15) is 9.67 Å². The maximum Gasteiger partial charge on any atom is 0.265 e. The predicted molar refractivity (Wildman–Crippen MR) is 82.9 cm³/mol. The number of thiophene rings is 1. The van der Waals surface area contributed by atoms with Gasteiger partial charge in [-0.25, -0.2) is 0 Å². The van der Waals surface area contributed by atoms with Crippen molar-refractivity contribution in [1.82, 2.24) is 0 Å². The lowest BCUT2D eigenvalue weighted by Crippen LogP contribution is -2.10. The van der Waals surface area contributed by atoms with Crippen LogP contribution in [0.2, 0.25) is 5.02 Å². The minimum absolute atomic E-state index is 0.0647. The molecule has 0 saturated carbocycles. The van der Waals surface area contributed by atoms with E-state index in [-0.39, 0.29) is 11.7 Å². The first kappa shape index (κ1) is 13.0. The number of carbonyl (C=O) groups is 1. The van der Waals surface area contributed by atoms with Gasteiger partial charge < -0.3 is 10.4 Å². The van der Waals surface area contributed by atoms with E-state index in [2.05, 4.69) is 5.32 Å². The number of hydrogen-bond acceptors (Lipinski definition) is 3. The Morgan fingerprint density at radius 1 is 1.15 bits per heavy atom. The molecule has 0 aliphatic heterocycles. The molecule has 0 bridgehead atoms. The SMILES string of the molecule is O=C(Nc1ccc(O)cc1Cl)c1cc2ccccc2s1. The number of phenolic OH excluding ortho intramolecular Hbond substituents is 1. The minimum Gasteiger partial charge on any atom is -0.508 e. The van der Waals surface area contributed by atoms with Crippen LogP contribution in [0.3, 0.4) is 0 Å². The van der Waals surface area contributed by atoms with E-state index in [1.807, 2.05) is 30.3 Å². The van der Waals surface area contributed by atoms with E-state index in [1.165, 1.54) is 23.5 Å². The number of nitrogens with one attached hydrogen (secondary N) is 1. The van der Waals surface area contributed by atoms with Gasteiger partial charge in [0.2, 0.25) is 0 Å². The molecule has 1 aromatic heterocycles. The molecule has 2 N–H and O–H groups in total. The molecule has 1 amide bonds. The highest BCUT2D eigenvalue weighted by atomic mass is 35.5. The van der Waals surface area contributed by atoms with Crippen molar-refractivity contribution in [3.63, 3.8) is 0 Å². The topological polar surface area (TPSA) is 49.3 Å². The Morgan fingerprint density at radius 3 is 2.70 bits per heavy atom. The molecule has 0 aliphatic carbocycles. The number of benzene rings is 2. The summed E-state index contributed by atoms with van der Waals surface area (Å²) in [5, 5.41) is 13.4. The third kappa shape index (κ3) is 2.48. The number of fused-ring (bicyclic) bond motifs is 1. The van der Waals surface area contributed by atoms with Crippen molar-refractivity contribution >= 4 is 44.6 Å². The molecule has 0 radical (unpaired) electrons. The molecule has 0 spiro atoms. The molecule has 0 unspecified atom stereocenters. The van der Waals surface area contributed by atoms with Crippen molar-refractivity contribution in [3.8, 4) is 5.75 Å². The Labute approximate surface area is 124 Å². The van der Waals surface area contributed by atoms with Gasteiger partial charge in [-0.15, -0.1) is 11.3 Å². The Morgan fingerprint density at radius 2 is 1.95 bits per heavy atom. The summed E-state index contributed by atoms with van der Waals surface area (Å²) < 4.78 is 1.06. The zero-order chi connectivity index (χ0) is 14.1. The average Bonchev–Trinajstić information content (AvgIpc) is 2.86. The fourth-order valence-corrected chi connectivity index (χ4v) is 3.06. The summed E-state index contributed by atoms with van der Waals surface area (Å²) in [5.41, 5.74) is 0.479. The van der Waals surface area contributed by atoms with E-state index in [1.54, 1.807) is 6.07 Å². The van der Waals surface area contributed by atoms with Crippen molar-refractivity contribution in [2.45, 2.75) is 0 Å². The summed E-state index contributed by atoms with van der Waals surface area (Å²) in [7, 11) is 0. The van der Waals surface area contributed by atoms with Crippen LogP contribution in [-0.2, 0) is 0 Å². The zero-order valence-electron chi connectivity index (χ0n) is 10.3. The second-order valence-corrected chi connectivity index (χ2v) is 5.76. The fraction of sp³-hybridized carbons (Fsp3) is 0. The van der Waals surface area contributed by atoms with Gasteiger partial charge in [0.15, 0.2) is 0 Å². The number of carbonyl (C=O) groups excluding carboxylic acids is 1. The van der Waals surface area contributed by atoms with Gasteiger partial charge in [-0.05, 0) is 29.7 Å². The van der Waals surface area contributed by atoms with E-state index in [4.69, 9.17) is 11.6 Å². The third-order valence-corrected chi connectivity index (χ3v) is 4.28. The molecule has 20 heavy (non-hydrogen) atoms. The van der Waals surface area contributed by atoms with Crippen LogP contribution in [0, 0.1) is 0 Å². The van der Waals surface area contributed by atoms with Crippen LogP contribution in [-0.4, -0.2) is 11.0 Å². The molecular weight excluding hydrogens is 294 g/mol. The van der Waals surface area contributed by atoms with E-state index >= 15 is 0 Å². The zero-order valence-corrected chi connectivity index (χ0v) is 11.8. The fourth-order valence-electron chi connectivity index (χ4n) is 1.88. The lowest BCUT2D eigenvalue weighted by Gasteiger charge is -2.05. The molecule has 0 fully saturated rings. The Hall–Kier alpha value is -2.04. The molecule has 0 aliphatic rings. The Bertz CT molecular complexity index is 764. The van der Waals surface area contributed by atoms with Crippen molar-refractivity contribution in [1.29, 1.82) is 0 Å². The summed E-state index contributed by atoms with van der Waals surface area (Å²) in [5.74, 6) is -0.145. The Kier molecular flexibility index (Phi) is 3.34. The molecule has 100 valence electrons. The lowest BCUT2D eigenvalue weighted by molar-refractivity contribution is 0.103. The van der Waals surface area contributed by atoms with Crippen molar-refractivity contribution in [2.24, 2.45) is 0 Å². The van der Waals surface area contributed by atoms with Gasteiger partial charge in [-0.1, -0.05) is 29.8 Å². The molecule has 3 rings (SSSR count). The number of amides is 1. The van der Waals surface area contributed by atoms with Gasteiger partial charge in [0.25, 0.3) is 5.91 Å². The molecule has 2 aromatic carbocycles. The van der Waals surface area contributed by atoms with Gasteiger partial charge in [-0.3, -0.25) is 4.79 Å². The predicted octanol–water partition coefficient (Wildman–Crippen LogP) is 4.51. The number of rotatable bonds is 2. The lowest BCUT2D eigenvalue weighted by atomic mass is 10.2. The molecule has 0 atom stereocenters. The molecular formula is C15H10ClNO2S.